The Bertz CT molecular complexity index is 413. The molecule has 1 fully saturated rings. The van der Waals surface area contributed by atoms with Gasteiger partial charge >= 0.3 is 0 Å². The normalized spacial score (nSPS) is 19.1. The van der Waals surface area contributed by atoms with Gasteiger partial charge in [0, 0.05) is 0 Å². The van der Waals surface area contributed by atoms with Crippen LogP contribution in [0.25, 0.3) is 0 Å². The zero-order valence-corrected chi connectivity index (χ0v) is 11.1. The molecule has 1 aliphatic carbocycles. The van der Waals surface area contributed by atoms with E-state index < -0.39 is 11.6 Å². The van der Waals surface area contributed by atoms with E-state index in [9.17, 15) is 9.90 Å². The lowest BCUT2D eigenvalue weighted by atomic mass is 9.97. The van der Waals surface area contributed by atoms with Crippen molar-refractivity contribution < 1.29 is 9.90 Å². The summed E-state index contributed by atoms with van der Waals surface area (Å²) >= 11 is 0. The number of carbonyl (C=O) groups is 1. The monoisotopic (exact) mass is 262 g/mol. The smallest absolute Gasteiger partial charge is 0.237 e. The van der Waals surface area contributed by atoms with Gasteiger partial charge in [0.05, 0.1) is 18.2 Å². The quantitative estimate of drug-likeness (QED) is 0.740. The van der Waals surface area contributed by atoms with Crippen molar-refractivity contribution in [3.8, 4) is 0 Å². The van der Waals surface area contributed by atoms with Crippen LogP contribution in [0.15, 0.2) is 30.3 Å². The molecule has 0 bridgehead atoms. The number of aliphatic hydroxyl groups is 1. The minimum absolute atomic E-state index is 0.00318. The summed E-state index contributed by atoms with van der Waals surface area (Å²) in [6.07, 6.45) is 4.30. The van der Waals surface area contributed by atoms with Gasteiger partial charge in [-0.2, -0.15) is 0 Å². The van der Waals surface area contributed by atoms with E-state index in [4.69, 9.17) is 5.73 Å². The molecule has 0 radical (unpaired) electrons. The third kappa shape index (κ3) is 3.55. The van der Waals surface area contributed by atoms with Crippen molar-refractivity contribution in [2.24, 2.45) is 5.73 Å². The van der Waals surface area contributed by atoms with Gasteiger partial charge in [-0.1, -0.05) is 43.2 Å². The molecule has 19 heavy (non-hydrogen) atoms. The number of hydrogen-bond acceptors (Lipinski definition) is 3. The Morgan fingerprint density at radius 3 is 2.53 bits per heavy atom. The SMILES string of the molecule is N[C@H](Cc1ccccc1)C(=O)NC1(CO)CCCC1. The maximum absolute atomic E-state index is 12.1. The van der Waals surface area contributed by atoms with Crippen LogP contribution in [0.1, 0.15) is 31.2 Å². The van der Waals surface area contributed by atoms with Crippen LogP contribution in [-0.4, -0.2) is 29.2 Å². The Morgan fingerprint density at radius 1 is 1.32 bits per heavy atom. The molecule has 1 aliphatic rings. The molecule has 4 N–H and O–H groups in total. The van der Waals surface area contributed by atoms with E-state index in [-0.39, 0.29) is 12.5 Å². The summed E-state index contributed by atoms with van der Waals surface area (Å²) in [5.74, 6) is -0.167. The molecule has 1 atom stereocenters. The van der Waals surface area contributed by atoms with E-state index in [1.165, 1.54) is 0 Å². The van der Waals surface area contributed by atoms with Crippen LogP contribution < -0.4 is 11.1 Å². The lowest BCUT2D eigenvalue weighted by Gasteiger charge is -2.29. The first-order valence-electron chi connectivity index (χ1n) is 6.88. The van der Waals surface area contributed by atoms with Crippen molar-refractivity contribution in [1.82, 2.24) is 5.32 Å². The molecule has 104 valence electrons. The van der Waals surface area contributed by atoms with Gasteiger partial charge in [-0.25, -0.2) is 0 Å². The number of carbonyl (C=O) groups excluding carboxylic acids is 1. The van der Waals surface area contributed by atoms with Crippen LogP contribution in [0.5, 0.6) is 0 Å². The van der Waals surface area contributed by atoms with Gasteiger partial charge in [-0.05, 0) is 24.8 Å². The lowest BCUT2D eigenvalue weighted by molar-refractivity contribution is -0.124. The second kappa shape index (κ2) is 6.17. The van der Waals surface area contributed by atoms with E-state index in [0.29, 0.717) is 6.42 Å². The molecule has 0 aliphatic heterocycles. The fourth-order valence-electron chi connectivity index (χ4n) is 2.69. The first kappa shape index (κ1) is 14.0. The molecule has 0 spiro atoms. The van der Waals surface area contributed by atoms with Gasteiger partial charge in [0.25, 0.3) is 0 Å². The van der Waals surface area contributed by atoms with Crippen molar-refractivity contribution >= 4 is 5.91 Å². The topological polar surface area (TPSA) is 75.4 Å². The average Bonchev–Trinajstić information content (AvgIpc) is 2.89. The molecule has 0 unspecified atom stereocenters. The first-order chi connectivity index (χ1) is 9.15. The number of hydrogen-bond donors (Lipinski definition) is 3. The van der Waals surface area contributed by atoms with Crippen molar-refractivity contribution in [1.29, 1.82) is 0 Å². The largest absolute Gasteiger partial charge is 0.394 e. The average molecular weight is 262 g/mol. The molecule has 1 aromatic rings. The summed E-state index contributed by atoms with van der Waals surface area (Å²) in [7, 11) is 0. The molecule has 0 aromatic heterocycles. The Hall–Kier alpha value is -1.39. The van der Waals surface area contributed by atoms with Crippen molar-refractivity contribution in [3.05, 3.63) is 35.9 Å². The van der Waals surface area contributed by atoms with Gasteiger partial charge < -0.3 is 16.2 Å². The van der Waals surface area contributed by atoms with Crippen LogP contribution in [0, 0.1) is 0 Å². The predicted octanol–water partition coefficient (Wildman–Crippen LogP) is 0.978. The number of nitrogens with two attached hydrogens (primary N) is 1. The maximum atomic E-state index is 12.1. The summed E-state index contributed by atoms with van der Waals surface area (Å²) in [5, 5.41) is 12.4. The number of rotatable bonds is 5. The minimum Gasteiger partial charge on any atom is -0.394 e. The Balaban J connectivity index is 1.92. The molecule has 0 heterocycles. The summed E-state index contributed by atoms with van der Waals surface area (Å²) in [6.45, 7) is -0.00318. The van der Waals surface area contributed by atoms with Crippen LogP contribution in [0.4, 0.5) is 0 Å². The van der Waals surface area contributed by atoms with Crippen molar-refractivity contribution in [3.63, 3.8) is 0 Å². The summed E-state index contributed by atoms with van der Waals surface area (Å²) in [6, 6.07) is 9.17. The summed E-state index contributed by atoms with van der Waals surface area (Å²) in [5.41, 5.74) is 6.56. The number of amides is 1. The molecule has 0 saturated heterocycles. The maximum Gasteiger partial charge on any atom is 0.237 e. The molecular formula is C15H22N2O2. The summed E-state index contributed by atoms with van der Waals surface area (Å²) in [4.78, 5) is 12.1. The minimum atomic E-state index is -0.563. The summed E-state index contributed by atoms with van der Waals surface area (Å²) < 4.78 is 0. The van der Waals surface area contributed by atoms with Gasteiger partial charge in [0.1, 0.15) is 0 Å². The standard InChI is InChI=1S/C15H22N2O2/c16-13(10-12-6-2-1-3-7-12)14(19)17-15(11-18)8-4-5-9-15/h1-3,6-7,13,18H,4-5,8-11,16H2,(H,17,19)/t13-/m1/s1. The van der Waals surface area contributed by atoms with Crippen LogP contribution in [0.2, 0.25) is 0 Å². The number of aliphatic hydroxyl groups excluding tert-OH is 1. The highest BCUT2D eigenvalue weighted by Crippen LogP contribution is 2.29. The Morgan fingerprint density at radius 2 is 1.95 bits per heavy atom. The second-order valence-electron chi connectivity index (χ2n) is 5.43. The molecule has 4 heteroatoms. The predicted molar refractivity (Wildman–Crippen MR) is 74.5 cm³/mol. The highest BCUT2D eigenvalue weighted by Gasteiger charge is 2.35. The van der Waals surface area contributed by atoms with Crippen LogP contribution in [-0.2, 0) is 11.2 Å². The van der Waals surface area contributed by atoms with E-state index in [1.54, 1.807) is 0 Å². The molecule has 1 aromatic carbocycles. The van der Waals surface area contributed by atoms with Crippen LogP contribution in [0.3, 0.4) is 0 Å². The van der Waals surface area contributed by atoms with Crippen molar-refractivity contribution in [2.45, 2.75) is 43.7 Å². The number of nitrogens with one attached hydrogen (secondary N) is 1. The van der Waals surface area contributed by atoms with E-state index in [1.807, 2.05) is 30.3 Å². The van der Waals surface area contributed by atoms with Gasteiger partial charge in [0.15, 0.2) is 0 Å². The van der Waals surface area contributed by atoms with Crippen LogP contribution >= 0.6 is 0 Å². The fourth-order valence-corrected chi connectivity index (χ4v) is 2.69. The Kier molecular flexibility index (Phi) is 4.56. The van der Waals surface area contributed by atoms with Gasteiger partial charge in [-0.15, -0.1) is 0 Å². The second-order valence-corrected chi connectivity index (χ2v) is 5.43. The zero-order valence-electron chi connectivity index (χ0n) is 11.1. The zero-order chi connectivity index (χ0) is 13.7. The third-order valence-electron chi connectivity index (χ3n) is 3.89. The molecule has 4 nitrogen and oxygen atoms in total. The molecule has 1 saturated carbocycles. The Labute approximate surface area is 114 Å². The number of benzene rings is 1. The van der Waals surface area contributed by atoms with E-state index in [0.717, 1.165) is 31.2 Å². The van der Waals surface area contributed by atoms with Crippen molar-refractivity contribution in [2.75, 3.05) is 6.61 Å². The lowest BCUT2D eigenvalue weighted by Crippen LogP contribution is -2.54. The fraction of sp³-hybridized carbons (Fsp3) is 0.533. The first-order valence-corrected chi connectivity index (χ1v) is 6.88. The molecule has 2 rings (SSSR count). The van der Waals surface area contributed by atoms with E-state index in [2.05, 4.69) is 5.32 Å². The highest BCUT2D eigenvalue weighted by molar-refractivity contribution is 5.82. The molecular weight excluding hydrogens is 240 g/mol. The van der Waals surface area contributed by atoms with E-state index >= 15 is 0 Å². The van der Waals surface area contributed by atoms with Gasteiger partial charge in [-0.3, -0.25) is 4.79 Å². The third-order valence-corrected chi connectivity index (χ3v) is 3.89. The van der Waals surface area contributed by atoms with Gasteiger partial charge in [0.2, 0.25) is 5.91 Å². The highest BCUT2D eigenvalue weighted by atomic mass is 16.3. The molecule has 1 amide bonds.